The topological polar surface area (TPSA) is 37.3 Å². The summed E-state index contributed by atoms with van der Waals surface area (Å²) in [5.74, 6) is -2.00. The van der Waals surface area contributed by atoms with Gasteiger partial charge in [0.05, 0.1) is 11.1 Å². The fourth-order valence-corrected chi connectivity index (χ4v) is 1.96. The van der Waals surface area contributed by atoms with Crippen LogP contribution < -0.4 is 0 Å². The summed E-state index contributed by atoms with van der Waals surface area (Å²) in [6.45, 7) is 1.39. The number of aromatic carboxylic acids is 1. The van der Waals surface area contributed by atoms with Crippen molar-refractivity contribution in [2.75, 3.05) is 0 Å². The molecule has 0 bridgehead atoms. The maximum absolute atomic E-state index is 13.6. The van der Waals surface area contributed by atoms with Crippen LogP contribution in [0.4, 0.5) is 17.6 Å². The molecule has 0 spiro atoms. The summed E-state index contributed by atoms with van der Waals surface area (Å²) in [5, 5.41) is 9.13. The maximum atomic E-state index is 13.6. The molecular weight excluding hydrogens is 288 g/mol. The lowest BCUT2D eigenvalue weighted by Gasteiger charge is -2.11. The zero-order valence-electron chi connectivity index (χ0n) is 10.8. The first-order valence-electron chi connectivity index (χ1n) is 5.91. The number of carboxylic acids is 1. The Bertz CT molecular complexity index is 705. The van der Waals surface area contributed by atoms with Gasteiger partial charge in [-0.05, 0) is 47.9 Å². The van der Waals surface area contributed by atoms with Crippen LogP contribution in [0.5, 0.6) is 0 Å². The molecule has 2 rings (SSSR count). The Morgan fingerprint density at radius 3 is 2.38 bits per heavy atom. The molecule has 0 fully saturated rings. The second-order valence-corrected chi connectivity index (χ2v) is 4.53. The second kappa shape index (κ2) is 5.20. The molecule has 0 saturated carbocycles. The van der Waals surface area contributed by atoms with Gasteiger partial charge in [-0.2, -0.15) is 13.2 Å². The number of carboxylic acid groups (broad SMARTS) is 1. The molecule has 6 heteroatoms. The van der Waals surface area contributed by atoms with Crippen LogP contribution in [-0.2, 0) is 6.18 Å². The molecule has 2 nitrogen and oxygen atoms in total. The zero-order valence-corrected chi connectivity index (χ0v) is 10.8. The van der Waals surface area contributed by atoms with Crippen molar-refractivity contribution >= 4 is 5.97 Å². The van der Waals surface area contributed by atoms with Gasteiger partial charge in [-0.3, -0.25) is 0 Å². The number of halogens is 4. The SMILES string of the molecule is Cc1cc(C(=O)O)c(-c2cccc(C(F)(F)F)c2)cc1F. The molecule has 0 radical (unpaired) electrons. The fourth-order valence-electron chi connectivity index (χ4n) is 1.96. The average molecular weight is 298 g/mol. The molecule has 0 heterocycles. The van der Waals surface area contributed by atoms with Gasteiger partial charge in [0, 0.05) is 0 Å². The molecule has 0 unspecified atom stereocenters. The zero-order chi connectivity index (χ0) is 15.8. The van der Waals surface area contributed by atoms with E-state index in [1.54, 1.807) is 0 Å². The quantitative estimate of drug-likeness (QED) is 0.828. The highest BCUT2D eigenvalue weighted by Gasteiger charge is 2.30. The predicted molar refractivity (Wildman–Crippen MR) is 68.5 cm³/mol. The highest BCUT2D eigenvalue weighted by Crippen LogP contribution is 2.33. The average Bonchev–Trinajstić information content (AvgIpc) is 2.40. The molecule has 2 aromatic carbocycles. The van der Waals surface area contributed by atoms with Crippen molar-refractivity contribution < 1.29 is 27.5 Å². The van der Waals surface area contributed by atoms with E-state index in [2.05, 4.69) is 0 Å². The van der Waals surface area contributed by atoms with E-state index in [-0.39, 0.29) is 22.3 Å². The Balaban J connectivity index is 2.67. The molecule has 0 aliphatic rings. The summed E-state index contributed by atoms with van der Waals surface area (Å²) in [5.41, 5.74) is -1.13. The number of rotatable bonds is 2. The van der Waals surface area contributed by atoms with Crippen LogP contribution in [0.1, 0.15) is 21.5 Å². The lowest BCUT2D eigenvalue weighted by atomic mass is 9.96. The van der Waals surface area contributed by atoms with Crippen LogP contribution in [0.25, 0.3) is 11.1 Å². The predicted octanol–water partition coefficient (Wildman–Crippen LogP) is 4.52. The van der Waals surface area contributed by atoms with Crippen LogP contribution in [0.3, 0.4) is 0 Å². The van der Waals surface area contributed by atoms with E-state index in [0.29, 0.717) is 0 Å². The van der Waals surface area contributed by atoms with Crippen LogP contribution >= 0.6 is 0 Å². The Kier molecular flexibility index (Phi) is 3.72. The van der Waals surface area contributed by atoms with E-state index < -0.39 is 23.5 Å². The minimum absolute atomic E-state index is 0.00104. The Morgan fingerprint density at radius 2 is 1.81 bits per heavy atom. The summed E-state index contributed by atoms with van der Waals surface area (Å²) in [4.78, 5) is 11.2. The molecule has 1 N–H and O–H groups in total. The molecule has 2 aromatic rings. The highest BCUT2D eigenvalue weighted by molar-refractivity contribution is 5.96. The van der Waals surface area contributed by atoms with Gasteiger partial charge in [-0.1, -0.05) is 12.1 Å². The number of aryl methyl sites for hydroxylation is 1. The third-order valence-electron chi connectivity index (χ3n) is 3.03. The van der Waals surface area contributed by atoms with Crippen LogP contribution in [0.2, 0.25) is 0 Å². The van der Waals surface area contributed by atoms with Gasteiger partial charge in [-0.25, -0.2) is 9.18 Å². The Hall–Kier alpha value is -2.37. The smallest absolute Gasteiger partial charge is 0.416 e. The van der Waals surface area contributed by atoms with Crippen molar-refractivity contribution in [2.24, 2.45) is 0 Å². The summed E-state index contributed by atoms with van der Waals surface area (Å²) in [6, 6.07) is 6.18. The third kappa shape index (κ3) is 3.04. The largest absolute Gasteiger partial charge is 0.478 e. The first-order chi connectivity index (χ1) is 9.70. The van der Waals surface area contributed by atoms with Crippen LogP contribution in [0, 0.1) is 12.7 Å². The van der Waals surface area contributed by atoms with E-state index >= 15 is 0 Å². The summed E-state index contributed by atoms with van der Waals surface area (Å²) < 4.78 is 51.7. The highest BCUT2D eigenvalue weighted by atomic mass is 19.4. The fraction of sp³-hybridized carbons (Fsp3) is 0.133. The summed E-state index contributed by atoms with van der Waals surface area (Å²) in [6.07, 6.45) is -4.55. The minimum atomic E-state index is -4.55. The van der Waals surface area contributed by atoms with Gasteiger partial charge in [0.1, 0.15) is 5.82 Å². The molecule has 110 valence electrons. The number of carbonyl (C=O) groups is 1. The number of alkyl halides is 3. The van der Waals surface area contributed by atoms with Gasteiger partial charge in [0.15, 0.2) is 0 Å². The molecule has 0 atom stereocenters. The monoisotopic (exact) mass is 298 g/mol. The third-order valence-corrected chi connectivity index (χ3v) is 3.03. The Labute approximate surface area is 117 Å². The molecular formula is C15H10F4O2. The molecule has 21 heavy (non-hydrogen) atoms. The summed E-state index contributed by atoms with van der Waals surface area (Å²) >= 11 is 0. The van der Waals surface area contributed by atoms with Crippen molar-refractivity contribution in [3.8, 4) is 11.1 Å². The maximum Gasteiger partial charge on any atom is 0.416 e. The summed E-state index contributed by atoms with van der Waals surface area (Å²) in [7, 11) is 0. The van der Waals surface area contributed by atoms with Crippen molar-refractivity contribution in [3.05, 3.63) is 58.9 Å². The van der Waals surface area contributed by atoms with Crippen LogP contribution in [-0.4, -0.2) is 11.1 Å². The van der Waals surface area contributed by atoms with E-state index in [9.17, 15) is 22.4 Å². The standard InChI is InChI=1S/C15H10F4O2/c1-8-5-12(14(20)21)11(7-13(8)16)9-3-2-4-10(6-9)15(17,18)19/h2-7H,1H3,(H,20,21). The van der Waals surface area contributed by atoms with Crippen molar-refractivity contribution in [1.29, 1.82) is 0 Å². The van der Waals surface area contributed by atoms with Crippen molar-refractivity contribution in [3.63, 3.8) is 0 Å². The van der Waals surface area contributed by atoms with Crippen molar-refractivity contribution in [1.82, 2.24) is 0 Å². The first-order valence-corrected chi connectivity index (χ1v) is 5.91. The van der Waals surface area contributed by atoms with Crippen LogP contribution in [0.15, 0.2) is 36.4 Å². The van der Waals surface area contributed by atoms with E-state index in [1.165, 1.54) is 13.0 Å². The lowest BCUT2D eigenvalue weighted by molar-refractivity contribution is -0.137. The van der Waals surface area contributed by atoms with E-state index in [1.807, 2.05) is 0 Å². The molecule has 0 saturated heterocycles. The van der Waals surface area contributed by atoms with Gasteiger partial charge in [-0.15, -0.1) is 0 Å². The lowest BCUT2D eigenvalue weighted by Crippen LogP contribution is -2.06. The number of hydrogen-bond donors (Lipinski definition) is 1. The molecule has 0 aliphatic heterocycles. The normalized spacial score (nSPS) is 11.5. The van der Waals surface area contributed by atoms with Gasteiger partial charge >= 0.3 is 12.1 Å². The van der Waals surface area contributed by atoms with Gasteiger partial charge in [0.2, 0.25) is 0 Å². The van der Waals surface area contributed by atoms with E-state index in [0.717, 1.165) is 30.3 Å². The number of benzene rings is 2. The second-order valence-electron chi connectivity index (χ2n) is 4.53. The van der Waals surface area contributed by atoms with Crippen molar-refractivity contribution in [2.45, 2.75) is 13.1 Å². The molecule has 0 amide bonds. The van der Waals surface area contributed by atoms with Gasteiger partial charge in [0.25, 0.3) is 0 Å². The number of hydrogen-bond acceptors (Lipinski definition) is 1. The Morgan fingerprint density at radius 1 is 1.14 bits per heavy atom. The minimum Gasteiger partial charge on any atom is -0.478 e. The molecule has 0 aliphatic carbocycles. The first kappa shape index (κ1) is 15.0. The molecule has 0 aromatic heterocycles. The van der Waals surface area contributed by atoms with Gasteiger partial charge < -0.3 is 5.11 Å². The van der Waals surface area contributed by atoms with E-state index in [4.69, 9.17) is 5.11 Å².